The summed E-state index contributed by atoms with van der Waals surface area (Å²) in [6, 6.07) is 5.38. The molecule has 114 valence electrons. The maximum Gasteiger partial charge on any atom is 0.307 e. The van der Waals surface area contributed by atoms with Gasteiger partial charge in [0, 0.05) is 18.7 Å². The van der Waals surface area contributed by atoms with E-state index in [-0.39, 0.29) is 31.2 Å². The Bertz CT molecular complexity index is 500. The Balaban J connectivity index is 2.26. The third kappa shape index (κ3) is 6.37. The summed E-state index contributed by atoms with van der Waals surface area (Å²) in [5.41, 5.74) is -0.0544. The molecule has 1 amide bonds. The number of nitrogens with zero attached hydrogens (tertiary/aromatic N) is 1. The van der Waals surface area contributed by atoms with Gasteiger partial charge >= 0.3 is 5.97 Å². The van der Waals surface area contributed by atoms with Gasteiger partial charge in [0.05, 0.1) is 18.0 Å². The van der Waals surface area contributed by atoms with E-state index in [1.54, 1.807) is 6.92 Å². The number of nitro groups is 1. The first kappa shape index (κ1) is 16.4. The third-order valence-electron chi connectivity index (χ3n) is 2.37. The molecular formula is C13H16N2O6. The van der Waals surface area contributed by atoms with Gasteiger partial charge in [-0.1, -0.05) is 0 Å². The second-order valence-electron chi connectivity index (χ2n) is 3.94. The molecule has 0 saturated heterocycles. The second-order valence-corrected chi connectivity index (χ2v) is 3.94. The summed E-state index contributed by atoms with van der Waals surface area (Å²) in [6.45, 7) is 1.94. The van der Waals surface area contributed by atoms with Crippen LogP contribution < -0.4 is 10.1 Å². The van der Waals surface area contributed by atoms with Crippen LogP contribution >= 0.6 is 0 Å². The molecule has 8 nitrogen and oxygen atoms in total. The van der Waals surface area contributed by atoms with Crippen molar-refractivity contribution in [3.05, 3.63) is 34.4 Å². The molecule has 1 aromatic rings. The monoisotopic (exact) mass is 296 g/mol. The number of hydrogen-bond acceptors (Lipinski definition) is 6. The van der Waals surface area contributed by atoms with Crippen molar-refractivity contribution in [2.24, 2.45) is 0 Å². The number of benzene rings is 1. The predicted molar refractivity (Wildman–Crippen MR) is 72.9 cm³/mol. The van der Waals surface area contributed by atoms with Gasteiger partial charge < -0.3 is 14.8 Å². The van der Waals surface area contributed by atoms with Crippen molar-refractivity contribution in [2.45, 2.75) is 13.3 Å². The number of esters is 1. The lowest BCUT2D eigenvalue weighted by molar-refractivity contribution is -0.384. The van der Waals surface area contributed by atoms with Gasteiger partial charge in [0.2, 0.25) is 0 Å². The summed E-state index contributed by atoms with van der Waals surface area (Å²) in [7, 11) is 0. The van der Waals surface area contributed by atoms with Gasteiger partial charge in [-0.05, 0) is 19.1 Å². The second kappa shape index (κ2) is 8.51. The first-order chi connectivity index (χ1) is 10.0. The standard InChI is InChI=1S/C13H16N2O6/c1-2-20-13(17)7-8-14-12(16)9-21-11-5-3-10(4-6-11)15(18)19/h3-6H,2,7-9H2,1H3,(H,14,16). The average molecular weight is 296 g/mol. The molecule has 0 aliphatic rings. The molecule has 0 bridgehead atoms. The maximum atomic E-state index is 11.4. The molecule has 0 saturated carbocycles. The molecule has 21 heavy (non-hydrogen) atoms. The summed E-state index contributed by atoms with van der Waals surface area (Å²) in [5, 5.41) is 13.0. The fourth-order valence-electron chi connectivity index (χ4n) is 1.40. The molecule has 0 atom stereocenters. The molecule has 1 rings (SSSR count). The van der Waals surface area contributed by atoms with Crippen LogP contribution in [0.2, 0.25) is 0 Å². The summed E-state index contributed by atoms with van der Waals surface area (Å²) in [5.74, 6) is -0.423. The van der Waals surface area contributed by atoms with Crippen molar-refractivity contribution in [1.82, 2.24) is 5.32 Å². The minimum atomic E-state index is -0.522. The van der Waals surface area contributed by atoms with Crippen molar-refractivity contribution in [3.63, 3.8) is 0 Å². The number of nitrogens with one attached hydrogen (secondary N) is 1. The van der Waals surface area contributed by atoms with Crippen molar-refractivity contribution >= 4 is 17.6 Å². The molecule has 0 spiro atoms. The molecule has 0 aliphatic carbocycles. The SMILES string of the molecule is CCOC(=O)CCNC(=O)COc1ccc([N+](=O)[O-])cc1. The Kier molecular flexibility index (Phi) is 6.66. The highest BCUT2D eigenvalue weighted by Gasteiger charge is 2.07. The Morgan fingerprint density at radius 3 is 2.52 bits per heavy atom. The Morgan fingerprint density at radius 2 is 1.95 bits per heavy atom. The van der Waals surface area contributed by atoms with Gasteiger partial charge in [0.25, 0.3) is 11.6 Å². The van der Waals surface area contributed by atoms with E-state index in [0.717, 1.165) is 0 Å². The molecule has 0 heterocycles. The summed E-state index contributed by atoms with van der Waals surface area (Å²) < 4.78 is 9.86. The average Bonchev–Trinajstić information content (AvgIpc) is 2.46. The molecule has 1 aromatic carbocycles. The van der Waals surface area contributed by atoms with Gasteiger partial charge in [-0.2, -0.15) is 0 Å². The maximum absolute atomic E-state index is 11.4. The van der Waals surface area contributed by atoms with Crippen molar-refractivity contribution in [2.75, 3.05) is 19.8 Å². The van der Waals surface area contributed by atoms with Crippen molar-refractivity contribution < 1.29 is 24.0 Å². The van der Waals surface area contributed by atoms with Crippen LogP contribution in [-0.2, 0) is 14.3 Å². The van der Waals surface area contributed by atoms with Crippen LogP contribution in [0, 0.1) is 10.1 Å². The van der Waals surface area contributed by atoms with Gasteiger partial charge in [-0.3, -0.25) is 19.7 Å². The number of nitro benzene ring substituents is 1. The number of carbonyl (C=O) groups excluding carboxylic acids is 2. The van der Waals surface area contributed by atoms with E-state index in [1.807, 2.05) is 0 Å². The van der Waals surface area contributed by atoms with Crippen LogP contribution in [-0.4, -0.2) is 36.6 Å². The lowest BCUT2D eigenvalue weighted by Gasteiger charge is -2.07. The van der Waals surface area contributed by atoms with Gasteiger partial charge in [-0.25, -0.2) is 0 Å². The zero-order valence-electron chi connectivity index (χ0n) is 11.5. The minimum Gasteiger partial charge on any atom is -0.484 e. The van der Waals surface area contributed by atoms with Gasteiger partial charge in [0.1, 0.15) is 5.75 Å². The van der Waals surface area contributed by atoms with Gasteiger partial charge in [-0.15, -0.1) is 0 Å². The molecule has 0 aliphatic heterocycles. The van der Waals surface area contributed by atoms with E-state index in [9.17, 15) is 19.7 Å². The largest absolute Gasteiger partial charge is 0.484 e. The van der Waals surface area contributed by atoms with E-state index < -0.39 is 10.8 Å². The lowest BCUT2D eigenvalue weighted by atomic mass is 10.3. The molecule has 8 heteroatoms. The number of carbonyl (C=O) groups is 2. The van der Waals surface area contributed by atoms with E-state index >= 15 is 0 Å². The lowest BCUT2D eigenvalue weighted by Crippen LogP contribution is -2.31. The Labute approximate surface area is 121 Å². The number of non-ortho nitro benzene ring substituents is 1. The van der Waals surface area contributed by atoms with Crippen molar-refractivity contribution in [3.8, 4) is 5.75 Å². The number of hydrogen-bond donors (Lipinski definition) is 1. The van der Waals surface area contributed by atoms with Gasteiger partial charge in [0.15, 0.2) is 6.61 Å². The van der Waals surface area contributed by atoms with Crippen LogP contribution in [0.3, 0.4) is 0 Å². The highest BCUT2D eigenvalue weighted by Crippen LogP contribution is 2.16. The van der Waals surface area contributed by atoms with E-state index in [1.165, 1.54) is 24.3 Å². The number of amides is 1. The zero-order chi connectivity index (χ0) is 15.7. The molecule has 1 N–H and O–H groups in total. The summed E-state index contributed by atoms with van der Waals surface area (Å²) >= 11 is 0. The highest BCUT2D eigenvalue weighted by atomic mass is 16.6. The Hall–Kier alpha value is -2.64. The first-order valence-electron chi connectivity index (χ1n) is 6.32. The van der Waals surface area contributed by atoms with E-state index in [0.29, 0.717) is 12.4 Å². The summed E-state index contributed by atoms with van der Waals surface area (Å²) in [4.78, 5) is 32.4. The fourth-order valence-corrected chi connectivity index (χ4v) is 1.40. The fraction of sp³-hybridized carbons (Fsp3) is 0.385. The number of rotatable bonds is 8. The quantitative estimate of drug-likeness (QED) is 0.436. The Morgan fingerprint density at radius 1 is 1.29 bits per heavy atom. The zero-order valence-corrected chi connectivity index (χ0v) is 11.5. The smallest absolute Gasteiger partial charge is 0.307 e. The van der Waals surface area contributed by atoms with E-state index in [4.69, 9.17) is 9.47 Å². The van der Waals surface area contributed by atoms with Crippen LogP contribution in [0.1, 0.15) is 13.3 Å². The molecule has 0 fully saturated rings. The van der Waals surface area contributed by atoms with E-state index in [2.05, 4.69) is 5.32 Å². The molecular weight excluding hydrogens is 280 g/mol. The topological polar surface area (TPSA) is 108 Å². The predicted octanol–water partition coefficient (Wildman–Crippen LogP) is 1.04. The molecule has 0 unspecified atom stereocenters. The number of ether oxygens (including phenoxy) is 2. The minimum absolute atomic E-state index is 0.0544. The summed E-state index contributed by atoms with van der Waals surface area (Å²) in [6.07, 6.45) is 0.0944. The first-order valence-corrected chi connectivity index (χ1v) is 6.32. The van der Waals surface area contributed by atoms with Crippen molar-refractivity contribution in [1.29, 1.82) is 0 Å². The van der Waals surface area contributed by atoms with Crippen LogP contribution in [0.25, 0.3) is 0 Å². The van der Waals surface area contributed by atoms with Crippen LogP contribution in [0.4, 0.5) is 5.69 Å². The third-order valence-corrected chi connectivity index (χ3v) is 2.37. The van der Waals surface area contributed by atoms with Crippen LogP contribution in [0.15, 0.2) is 24.3 Å². The molecule has 0 radical (unpaired) electrons. The normalized spacial score (nSPS) is 9.76. The highest BCUT2D eigenvalue weighted by molar-refractivity contribution is 5.78. The van der Waals surface area contributed by atoms with Crippen LogP contribution in [0.5, 0.6) is 5.75 Å². The molecule has 0 aromatic heterocycles.